The number of rotatable bonds is 3. The summed E-state index contributed by atoms with van der Waals surface area (Å²) < 4.78 is 83.5. The molecule has 0 spiro atoms. The van der Waals surface area contributed by atoms with Crippen molar-refractivity contribution in [3.05, 3.63) is 0 Å². The van der Waals surface area contributed by atoms with Crippen LogP contribution in [-0.2, 0) is 4.74 Å². The van der Waals surface area contributed by atoms with E-state index in [1.807, 2.05) is 0 Å². The first-order chi connectivity index (χ1) is 9.56. The van der Waals surface area contributed by atoms with Crippen LogP contribution in [0.2, 0.25) is 0 Å². The molecule has 1 saturated heterocycles. The van der Waals surface area contributed by atoms with Crippen LogP contribution in [0.3, 0.4) is 0 Å². The Labute approximate surface area is 117 Å². The first-order valence-corrected chi connectivity index (χ1v) is 6.39. The monoisotopic (exact) mass is 322 g/mol. The lowest BCUT2D eigenvalue weighted by Crippen LogP contribution is -2.76. The number of nitrogens with one attached hydrogen (secondary N) is 1. The molecule has 1 heterocycles. The Morgan fingerprint density at radius 3 is 1.90 bits per heavy atom. The van der Waals surface area contributed by atoms with E-state index in [0.29, 0.717) is 6.42 Å². The van der Waals surface area contributed by atoms with Crippen LogP contribution in [0, 0.1) is 0 Å². The van der Waals surface area contributed by atoms with Crippen LogP contribution >= 0.6 is 0 Å². The van der Waals surface area contributed by atoms with Crippen LogP contribution in [-0.4, -0.2) is 48.7 Å². The van der Waals surface area contributed by atoms with Crippen LogP contribution in [0.25, 0.3) is 0 Å². The number of likely N-dealkylation sites (tertiary alicyclic amines) is 1. The molecule has 21 heavy (non-hydrogen) atoms. The molecular formula is C11H16F6N2O2. The minimum atomic E-state index is -5.73. The third-order valence-corrected chi connectivity index (χ3v) is 3.21. The summed E-state index contributed by atoms with van der Waals surface area (Å²) in [5.74, 6) is 0. The maximum atomic E-state index is 13.2. The van der Waals surface area contributed by atoms with E-state index in [2.05, 4.69) is 4.74 Å². The van der Waals surface area contributed by atoms with Crippen molar-refractivity contribution in [3.63, 3.8) is 0 Å². The third-order valence-electron chi connectivity index (χ3n) is 3.21. The van der Waals surface area contributed by atoms with Gasteiger partial charge in [0.2, 0.25) is 0 Å². The topological polar surface area (TPSA) is 41.6 Å². The number of carbonyl (C=O) groups is 1. The molecule has 0 aliphatic carbocycles. The number of amides is 1. The Hall–Kier alpha value is -1.19. The highest BCUT2D eigenvalue weighted by Gasteiger charge is 2.75. The van der Waals surface area contributed by atoms with Crippen LogP contribution in [0.15, 0.2) is 0 Å². The number of piperidine rings is 1. The van der Waals surface area contributed by atoms with Gasteiger partial charge in [-0.15, -0.1) is 0 Å². The molecule has 0 saturated carbocycles. The number of hydrogen-bond donors (Lipinski definition) is 1. The number of halogens is 6. The standard InChI is InChI=1S/C11H16F6N2O2/c1-2-21-8(20)18-9(10(12,13)14,11(15,16)17)19-6-4-3-5-7-19/h2-7H2,1H3,(H,18,20). The lowest BCUT2D eigenvalue weighted by molar-refractivity contribution is -0.350. The normalized spacial score (nSPS) is 18.4. The third kappa shape index (κ3) is 3.53. The molecule has 1 fully saturated rings. The van der Waals surface area contributed by atoms with E-state index in [1.54, 1.807) is 0 Å². The van der Waals surface area contributed by atoms with E-state index < -0.39 is 37.2 Å². The Morgan fingerprint density at radius 2 is 1.52 bits per heavy atom. The molecule has 0 bridgehead atoms. The summed E-state index contributed by atoms with van der Waals surface area (Å²) in [6, 6.07) is 0. The number of nitrogens with zero attached hydrogens (tertiary/aromatic N) is 1. The highest BCUT2D eigenvalue weighted by molar-refractivity contribution is 5.68. The van der Waals surface area contributed by atoms with Gasteiger partial charge >= 0.3 is 18.4 Å². The molecule has 0 unspecified atom stereocenters. The first kappa shape index (κ1) is 17.9. The van der Waals surface area contributed by atoms with Crippen molar-refractivity contribution in [3.8, 4) is 0 Å². The Balaban J connectivity index is 3.25. The maximum Gasteiger partial charge on any atom is 0.434 e. The van der Waals surface area contributed by atoms with E-state index in [4.69, 9.17) is 0 Å². The zero-order chi connectivity index (χ0) is 16.3. The van der Waals surface area contributed by atoms with Gasteiger partial charge in [0, 0.05) is 13.1 Å². The van der Waals surface area contributed by atoms with Gasteiger partial charge in [-0.25, -0.2) is 4.79 Å². The quantitative estimate of drug-likeness (QED) is 0.812. The fourth-order valence-corrected chi connectivity index (χ4v) is 2.28. The van der Waals surface area contributed by atoms with E-state index >= 15 is 0 Å². The van der Waals surface area contributed by atoms with Crippen molar-refractivity contribution in [1.82, 2.24) is 10.2 Å². The summed E-state index contributed by atoms with van der Waals surface area (Å²) in [7, 11) is 0. The summed E-state index contributed by atoms with van der Waals surface area (Å²) >= 11 is 0. The van der Waals surface area contributed by atoms with Gasteiger partial charge in [0.05, 0.1) is 6.61 Å². The minimum Gasteiger partial charge on any atom is -0.450 e. The van der Waals surface area contributed by atoms with Gasteiger partial charge in [-0.2, -0.15) is 26.3 Å². The van der Waals surface area contributed by atoms with Crippen LogP contribution < -0.4 is 5.32 Å². The van der Waals surface area contributed by atoms with Crippen molar-refractivity contribution in [2.24, 2.45) is 0 Å². The minimum absolute atomic E-state index is 0.193. The first-order valence-electron chi connectivity index (χ1n) is 6.39. The van der Waals surface area contributed by atoms with E-state index in [1.165, 1.54) is 6.92 Å². The second-order valence-corrected chi connectivity index (χ2v) is 4.60. The molecule has 124 valence electrons. The molecule has 0 radical (unpaired) electrons. The fraction of sp³-hybridized carbons (Fsp3) is 0.909. The van der Waals surface area contributed by atoms with Crippen molar-refractivity contribution < 1.29 is 35.9 Å². The van der Waals surface area contributed by atoms with Gasteiger partial charge in [0.1, 0.15) is 0 Å². The number of carbonyl (C=O) groups excluding carboxylic acids is 1. The van der Waals surface area contributed by atoms with Gasteiger partial charge in [-0.05, 0) is 19.8 Å². The van der Waals surface area contributed by atoms with Gasteiger partial charge in [0.15, 0.2) is 0 Å². The van der Waals surface area contributed by atoms with Crippen molar-refractivity contribution in [2.45, 2.75) is 44.2 Å². The second-order valence-electron chi connectivity index (χ2n) is 4.60. The maximum absolute atomic E-state index is 13.2. The van der Waals surface area contributed by atoms with E-state index in [0.717, 1.165) is 5.32 Å². The van der Waals surface area contributed by atoms with Crippen LogP contribution in [0.4, 0.5) is 31.1 Å². The van der Waals surface area contributed by atoms with Gasteiger partial charge < -0.3 is 4.74 Å². The lowest BCUT2D eigenvalue weighted by Gasteiger charge is -2.46. The molecule has 1 aliphatic rings. The van der Waals surface area contributed by atoms with Crippen molar-refractivity contribution in [1.29, 1.82) is 0 Å². The fourth-order valence-electron chi connectivity index (χ4n) is 2.28. The average Bonchev–Trinajstić information content (AvgIpc) is 2.34. The number of ether oxygens (including phenoxy) is 1. The van der Waals surface area contributed by atoms with Gasteiger partial charge in [-0.3, -0.25) is 10.2 Å². The second kappa shape index (κ2) is 6.29. The van der Waals surface area contributed by atoms with Crippen LogP contribution in [0.5, 0.6) is 0 Å². The van der Waals surface area contributed by atoms with Gasteiger partial charge in [-0.1, -0.05) is 6.42 Å². The Bertz CT molecular complexity index is 349. The van der Waals surface area contributed by atoms with Crippen molar-refractivity contribution >= 4 is 6.09 Å². The zero-order valence-electron chi connectivity index (χ0n) is 11.3. The summed E-state index contributed by atoms with van der Waals surface area (Å²) in [4.78, 5) is 11.5. The molecule has 1 N–H and O–H groups in total. The highest BCUT2D eigenvalue weighted by Crippen LogP contribution is 2.46. The molecule has 0 aromatic rings. The van der Waals surface area contributed by atoms with Crippen LogP contribution in [0.1, 0.15) is 26.2 Å². The molecule has 0 atom stereocenters. The summed E-state index contributed by atoms with van der Waals surface area (Å²) in [6.07, 6.45) is -12.3. The zero-order valence-corrected chi connectivity index (χ0v) is 11.3. The molecule has 0 aromatic carbocycles. The predicted octanol–water partition coefficient (Wildman–Crippen LogP) is 3.04. The highest BCUT2D eigenvalue weighted by atomic mass is 19.4. The smallest absolute Gasteiger partial charge is 0.434 e. The van der Waals surface area contributed by atoms with Gasteiger partial charge in [0.25, 0.3) is 5.66 Å². The van der Waals surface area contributed by atoms with E-state index in [9.17, 15) is 31.1 Å². The Kier molecular flexibility index (Phi) is 5.35. The van der Waals surface area contributed by atoms with Crippen molar-refractivity contribution in [2.75, 3.05) is 19.7 Å². The lowest BCUT2D eigenvalue weighted by atomic mass is 10.0. The average molecular weight is 322 g/mol. The number of hydrogen-bond acceptors (Lipinski definition) is 3. The summed E-state index contributed by atoms with van der Waals surface area (Å²) in [6.45, 7) is 0.123. The van der Waals surface area contributed by atoms with E-state index in [-0.39, 0.29) is 24.3 Å². The molecule has 1 amide bonds. The SMILES string of the molecule is CCOC(=O)NC(N1CCCCC1)(C(F)(F)F)C(F)(F)F. The number of alkyl carbamates (subject to hydrolysis) is 1. The molecule has 1 rings (SSSR count). The summed E-state index contributed by atoms with van der Waals surface area (Å²) in [5.41, 5.74) is -4.42. The molecule has 1 aliphatic heterocycles. The largest absolute Gasteiger partial charge is 0.450 e. The molecular weight excluding hydrogens is 306 g/mol. The Morgan fingerprint density at radius 1 is 1.05 bits per heavy atom. The molecule has 10 heteroatoms. The number of alkyl halides is 6. The summed E-state index contributed by atoms with van der Waals surface area (Å²) in [5, 5.41) is 0.996. The predicted molar refractivity (Wildman–Crippen MR) is 60.4 cm³/mol. The molecule has 4 nitrogen and oxygen atoms in total. The molecule has 0 aromatic heterocycles.